The van der Waals surface area contributed by atoms with Gasteiger partial charge in [0.25, 0.3) is 5.89 Å². The minimum absolute atomic E-state index is 0.258. The van der Waals surface area contributed by atoms with Crippen LogP contribution in [0.5, 0.6) is 0 Å². The Bertz CT molecular complexity index is 629. The first-order valence-corrected chi connectivity index (χ1v) is 5.36. The van der Waals surface area contributed by atoms with E-state index < -0.39 is 0 Å². The normalized spacial score (nSPS) is 11.1. The van der Waals surface area contributed by atoms with Gasteiger partial charge in [-0.15, -0.1) is 11.6 Å². The number of fused-ring (bicyclic) bond motifs is 1. The molecule has 2 aromatic heterocycles. The van der Waals surface area contributed by atoms with Crippen molar-refractivity contribution >= 4 is 22.5 Å². The highest BCUT2D eigenvalue weighted by molar-refractivity contribution is 6.16. The quantitative estimate of drug-likeness (QED) is 0.693. The number of nitrogens with zero attached hydrogens (tertiary/aromatic N) is 2. The van der Waals surface area contributed by atoms with Crippen LogP contribution < -0.4 is 0 Å². The minimum Gasteiger partial charge on any atom is -0.361 e. The first-order valence-electron chi connectivity index (χ1n) is 4.83. The average Bonchev–Trinajstić information content (AvgIpc) is 2.96. The zero-order valence-corrected chi connectivity index (χ0v) is 9.03. The number of benzene rings is 1. The molecule has 0 aliphatic carbocycles. The summed E-state index contributed by atoms with van der Waals surface area (Å²) in [6, 6.07) is 7.94. The van der Waals surface area contributed by atoms with Gasteiger partial charge in [0.1, 0.15) is 0 Å². The maximum absolute atomic E-state index is 5.61. The van der Waals surface area contributed by atoms with E-state index in [4.69, 9.17) is 16.1 Å². The Morgan fingerprint density at radius 3 is 3.06 bits per heavy atom. The summed E-state index contributed by atoms with van der Waals surface area (Å²) in [5, 5.41) is 4.90. The Morgan fingerprint density at radius 2 is 2.25 bits per heavy atom. The molecule has 80 valence electrons. The van der Waals surface area contributed by atoms with Crippen LogP contribution in [0, 0.1) is 0 Å². The Morgan fingerprint density at radius 1 is 1.31 bits per heavy atom. The third-order valence-corrected chi connectivity index (χ3v) is 2.63. The standard InChI is InChI=1S/C11H8ClN3O/c12-6-10-14-11(16-15-10)8-2-1-7-3-4-13-9(7)5-8/h1-5,13H,6H2. The molecule has 3 rings (SSSR count). The molecule has 0 aliphatic rings. The van der Waals surface area contributed by atoms with E-state index in [0.717, 1.165) is 16.5 Å². The Hall–Kier alpha value is -1.81. The van der Waals surface area contributed by atoms with Gasteiger partial charge in [-0.3, -0.25) is 0 Å². The third kappa shape index (κ3) is 1.47. The van der Waals surface area contributed by atoms with Crippen molar-refractivity contribution in [2.24, 2.45) is 0 Å². The molecule has 0 fully saturated rings. The summed E-state index contributed by atoms with van der Waals surface area (Å²) < 4.78 is 5.11. The van der Waals surface area contributed by atoms with Crippen LogP contribution in [-0.2, 0) is 5.88 Å². The van der Waals surface area contributed by atoms with Gasteiger partial charge in [0.05, 0.1) is 5.88 Å². The number of halogens is 1. The SMILES string of the molecule is ClCc1noc(-c2ccc3cc[nH]c3c2)n1. The van der Waals surface area contributed by atoms with Crippen LogP contribution in [0.2, 0.25) is 0 Å². The van der Waals surface area contributed by atoms with E-state index >= 15 is 0 Å². The lowest BCUT2D eigenvalue weighted by Gasteiger charge is -1.94. The van der Waals surface area contributed by atoms with E-state index in [9.17, 15) is 0 Å². The second kappa shape index (κ2) is 3.64. The van der Waals surface area contributed by atoms with Gasteiger partial charge in [0, 0.05) is 17.3 Å². The smallest absolute Gasteiger partial charge is 0.258 e. The summed E-state index contributed by atoms with van der Waals surface area (Å²) in [6.45, 7) is 0. The van der Waals surface area contributed by atoms with Crippen molar-refractivity contribution in [2.75, 3.05) is 0 Å². The molecule has 0 radical (unpaired) electrons. The van der Waals surface area contributed by atoms with Crippen molar-refractivity contribution in [3.8, 4) is 11.5 Å². The molecule has 3 aromatic rings. The summed E-state index contributed by atoms with van der Waals surface area (Å²) >= 11 is 5.61. The second-order valence-electron chi connectivity index (χ2n) is 3.43. The highest BCUT2D eigenvalue weighted by Gasteiger charge is 2.08. The molecule has 4 nitrogen and oxygen atoms in total. The molecule has 0 saturated heterocycles. The molecule has 0 atom stereocenters. The van der Waals surface area contributed by atoms with Crippen LogP contribution in [0.3, 0.4) is 0 Å². The molecule has 5 heteroatoms. The lowest BCUT2D eigenvalue weighted by molar-refractivity contribution is 0.425. The zero-order chi connectivity index (χ0) is 11.0. The summed E-state index contributed by atoms with van der Waals surface area (Å²) in [4.78, 5) is 7.30. The molecule has 16 heavy (non-hydrogen) atoms. The van der Waals surface area contributed by atoms with Crippen LogP contribution in [0.15, 0.2) is 35.0 Å². The number of rotatable bonds is 2. The molecule has 0 aliphatic heterocycles. The van der Waals surface area contributed by atoms with E-state index in [-0.39, 0.29) is 5.88 Å². The molecule has 0 bridgehead atoms. The molecular formula is C11H8ClN3O. The van der Waals surface area contributed by atoms with Crippen LogP contribution in [-0.4, -0.2) is 15.1 Å². The average molecular weight is 234 g/mol. The molecule has 1 aromatic carbocycles. The largest absolute Gasteiger partial charge is 0.361 e. The van der Waals surface area contributed by atoms with Crippen LogP contribution in [0.25, 0.3) is 22.4 Å². The first-order chi connectivity index (χ1) is 7.86. The number of hydrogen-bond acceptors (Lipinski definition) is 3. The number of aromatic amines is 1. The van der Waals surface area contributed by atoms with E-state index in [2.05, 4.69) is 15.1 Å². The zero-order valence-electron chi connectivity index (χ0n) is 8.27. The number of H-pyrrole nitrogens is 1. The summed E-state index contributed by atoms with van der Waals surface area (Å²) in [6.07, 6.45) is 1.90. The number of nitrogens with one attached hydrogen (secondary N) is 1. The molecule has 0 amide bonds. The molecular weight excluding hydrogens is 226 g/mol. The predicted molar refractivity (Wildman–Crippen MR) is 61.1 cm³/mol. The van der Waals surface area contributed by atoms with Crippen LogP contribution in [0.4, 0.5) is 0 Å². The van der Waals surface area contributed by atoms with Crippen molar-refractivity contribution in [2.45, 2.75) is 5.88 Å². The number of aromatic nitrogens is 3. The van der Waals surface area contributed by atoms with E-state index in [1.54, 1.807) is 0 Å². The monoisotopic (exact) mass is 233 g/mol. The maximum Gasteiger partial charge on any atom is 0.258 e. The third-order valence-electron chi connectivity index (χ3n) is 2.39. The van der Waals surface area contributed by atoms with Crippen molar-refractivity contribution in [1.29, 1.82) is 0 Å². The Kier molecular flexibility index (Phi) is 2.15. The van der Waals surface area contributed by atoms with Crippen molar-refractivity contribution in [3.05, 3.63) is 36.3 Å². The lowest BCUT2D eigenvalue weighted by Crippen LogP contribution is -1.81. The molecule has 2 heterocycles. The van der Waals surface area contributed by atoms with Gasteiger partial charge in [0.15, 0.2) is 5.82 Å². The second-order valence-corrected chi connectivity index (χ2v) is 3.70. The van der Waals surface area contributed by atoms with E-state index in [0.29, 0.717) is 11.7 Å². The summed E-state index contributed by atoms with van der Waals surface area (Å²) in [7, 11) is 0. The van der Waals surface area contributed by atoms with Gasteiger partial charge in [-0.05, 0) is 23.6 Å². The van der Waals surface area contributed by atoms with Crippen molar-refractivity contribution < 1.29 is 4.52 Å². The molecule has 0 spiro atoms. The van der Waals surface area contributed by atoms with Gasteiger partial charge in [-0.2, -0.15) is 4.98 Å². The van der Waals surface area contributed by atoms with Crippen molar-refractivity contribution in [1.82, 2.24) is 15.1 Å². The number of alkyl halides is 1. The predicted octanol–water partition coefficient (Wildman–Crippen LogP) is 2.96. The highest BCUT2D eigenvalue weighted by Crippen LogP contribution is 2.22. The highest BCUT2D eigenvalue weighted by atomic mass is 35.5. The summed E-state index contributed by atoms with van der Waals surface area (Å²) in [5.74, 6) is 1.25. The fraction of sp³-hybridized carbons (Fsp3) is 0.0909. The fourth-order valence-corrected chi connectivity index (χ4v) is 1.71. The van der Waals surface area contributed by atoms with E-state index in [1.807, 2.05) is 30.5 Å². The summed E-state index contributed by atoms with van der Waals surface area (Å²) in [5.41, 5.74) is 1.93. The van der Waals surface area contributed by atoms with Crippen LogP contribution >= 0.6 is 11.6 Å². The molecule has 0 unspecified atom stereocenters. The van der Waals surface area contributed by atoms with Gasteiger partial charge >= 0.3 is 0 Å². The minimum atomic E-state index is 0.258. The molecule has 1 N–H and O–H groups in total. The Balaban J connectivity index is 2.10. The van der Waals surface area contributed by atoms with Gasteiger partial charge in [-0.25, -0.2) is 0 Å². The fourth-order valence-electron chi connectivity index (χ4n) is 1.61. The first kappa shape index (κ1) is 9.42. The Labute approximate surface area is 96.2 Å². The topological polar surface area (TPSA) is 54.7 Å². The van der Waals surface area contributed by atoms with Crippen LogP contribution in [0.1, 0.15) is 5.82 Å². The van der Waals surface area contributed by atoms with E-state index in [1.165, 1.54) is 0 Å². The molecule has 0 saturated carbocycles. The van der Waals surface area contributed by atoms with Gasteiger partial charge in [0.2, 0.25) is 0 Å². The number of hydrogen-bond donors (Lipinski definition) is 1. The van der Waals surface area contributed by atoms with Crippen molar-refractivity contribution in [3.63, 3.8) is 0 Å². The maximum atomic E-state index is 5.61. The lowest BCUT2D eigenvalue weighted by atomic mass is 10.1. The van der Waals surface area contributed by atoms with Gasteiger partial charge in [-0.1, -0.05) is 11.2 Å². The van der Waals surface area contributed by atoms with Gasteiger partial charge < -0.3 is 9.51 Å².